The molecule has 0 radical (unpaired) electrons. The summed E-state index contributed by atoms with van der Waals surface area (Å²) in [5.41, 5.74) is 9.06. The molecule has 4 aromatic carbocycles. The van der Waals surface area contributed by atoms with Crippen LogP contribution in [-0.2, 0) is 6.42 Å². The zero-order chi connectivity index (χ0) is 24.4. The third-order valence-corrected chi connectivity index (χ3v) is 6.29. The molecule has 2 N–H and O–H groups in total. The number of rotatable bonds is 5. The first-order chi connectivity index (χ1) is 17.0. The molecule has 35 heavy (non-hydrogen) atoms. The van der Waals surface area contributed by atoms with Crippen LogP contribution in [0.4, 0.5) is 0 Å². The molecule has 0 atom stereocenters. The van der Waals surface area contributed by atoms with E-state index in [2.05, 4.69) is 0 Å². The smallest absolute Gasteiger partial charge is 0.123 e. The van der Waals surface area contributed by atoms with Crippen molar-refractivity contribution >= 4 is 0 Å². The van der Waals surface area contributed by atoms with Gasteiger partial charge in [0.05, 0.1) is 11.4 Å². The lowest BCUT2D eigenvalue weighted by molar-refractivity contribution is 0.469. The average Bonchev–Trinajstić information content (AvgIpc) is 2.87. The monoisotopic (exact) mass is 457 g/mol. The van der Waals surface area contributed by atoms with E-state index in [1.54, 1.807) is 12.1 Å². The van der Waals surface area contributed by atoms with Gasteiger partial charge < -0.3 is 10.2 Å². The second-order valence-corrected chi connectivity index (χ2v) is 8.94. The van der Waals surface area contributed by atoms with Gasteiger partial charge in [0.15, 0.2) is 0 Å². The predicted octanol–water partition coefficient (Wildman–Crippen LogP) is 7.70. The molecule has 0 aliphatic heterocycles. The van der Waals surface area contributed by atoms with Crippen molar-refractivity contribution in [3.05, 3.63) is 125 Å². The summed E-state index contributed by atoms with van der Waals surface area (Å²) in [6.45, 7) is 3.93. The molecule has 1 heterocycles. The summed E-state index contributed by atoms with van der Waals surface area (Å²) in [4.78, 5) is 5.13. The fourth-order valence-corrected chi connectivity index (χ4v) is 4.47. The highest BCUT2D eigenvalue weighted by molar-refractivity contribution is 5.84. The van der Waals surface area contributed by atoms with Gasteiger partial charge in [-0.15, -0.1) is 0 Å². The predicted molar refractivity (Wildman–Crippen MR) is 143 cm³/mol. The molecule has 0 spiro atoms. The van der Waals surface area contributed by atoms with E-state index in [1.165, 1.54) is 0 Å². The minimum atomic E-state index is 0.226. The third kappa shape index (κ3) is 4.67. The van der Waals surface area contributed by atoms with Gasteiger partial charge in [-0.05, 0) is 59.9 Å². The fourth-order valence-electron chi connectivity index (χ4n) is 4.47. The second-order valence-electron chi connectivity index (χ2n) is 8.94. The summed E-state index contributed by atoms with van der Waals surface area (Å²) < 4.78 is 0. The van der Waals surface area contributed by atoms with Crippen LogP contribution in [0.1, 0.15) is 22.3 Å². The van der Waals surface area contributed by atoms with E-state index in [1.807, 2.05) is 105 Å². The zero-order valence-corrected chi connectivity index (χ0v) is 19.9. The molecule has 3 nitrogen and oxygen atoms in total. The van der Waals surface area contributed by atoms with Crippen molar-refractivity contribution in [1.82, 2.24) is 4.98 Å². The van der Waals surface area contributed by atoms with Gasteiger partial charge in [0.25, 0.3) is 0 Å². The maximum Gasteiger partial charge on any atom is 0.123 e. The Kier molecular flexibility index (Phi) is 6.07. The highest BCUT2D eigenvalue weighted by Crippen LogP contribution is 2.40. The van der Waals surface area contributed by atoms with E-state index >= 15 is 0 Å². The Bertz CT molecular complexity index is 1490. The summed E-state index contributed by atoms with van der Waals surface area (Å²) in [5.74, 6) is 0.485. The lowest BCUT2D eigenvalue weighted by atomic mass is 9.89. The first-order valence-corrected chi connectivity index (χ1v) is 11.7. The Morgan fingerprint density at radius 1 is 0.600 bits per heavy atom. The van der Waals surface area contributed by atoms with E-state index in [0.29, 0.717) is 6.42 Å². The van der Waals surface area contributed by atoms with Gasteiger partial charge in [0.1, 0.15) is 11.5 Å². The van der Waals surface area contributed by atoms with Gasteiger partial charge in [0, 0.05) is 23.1 Å². The summed E-state index contributed by atoms with van der Waals surface area (Å²) in [6.07, 6.45) is 0.473. The first kappa shape index (κ1) is 22.4. The van der Waals surface area contributed by atoms with Gasteiger partial charge in [-0.25, -0.2) is 4.98 Å². The van der Waals surface area contributed by atoms with E-state index in [0.717, 1.165) is 55.9 Å². The number of nitrogens with zero attached hydrogens (tertiary/aromatic N) is 1. The second kappa shape index (κ2) is 9.47. The van der Waals surface area contributed by atoms with E-state index in [-0.39, 0.29) is 11.5 Å². The first-order valence-electron chi connectivity index (χ1n) is 11.7. The van der Waals surface area contributed by atoms with Gasteiger partial charge in [-0.3, -0.25) is 0 Å². The number of aryl methyl sites for hydroxylation is 2. The summed E-state index contributed by atoms with van der Waals surface area (Å²) in [6, 6.07) is 33.7. The molecule has 0 aliphatic carbocycles. The largest absolute Gasteiger partial charge is 0.508 e. The van der Waals surface area contributed by atoms with Crippen LogP contribution < -0.4 is 0 Å². The van der Waals surface area contributed by atoms with E-state index < -0.39 is 0 Å². The van der Waals surface area contributed by atoms with Crippen LogP contribution in [0.25, 0.3) is 33.6 Å². The maximum atomic E-state index is 11.0. The Labute approximate surface area is 206 Å². The van der Waals surface area contributed by atoms with Crippen LogP contribution in [0.15, 0.2) is 103 Å². The topological polar surface area (TPSA) is 53.4 Å². The summed E-state index contributed by atoms with van der Waals surface area (Å²) >= 11 is 0. The Morgan fingerprint density at radius 2 is 1.20 bits per heavy atom. The molecule has 1 aromatic heterocycles. The third-order valence-electron chi connectivity index (χ3n) is 6.29. The van der Waals surface area contributed by atoms with Crippen molar-refractivity contribution in [3.63, 3.8) is 0 Å². The summed E-state index contributed by atoms with van der Waals surface area (Å²) in [5, 5.41) is 21.7. The Hall–Kier alpha value is -4.37. The van der Waals surface area contributed by atoms with Crippen LogP contribution in [0.3, 0.4) is 0 Å². The zero-order valence-electron chi connectivity index (χ0n) is 19.9. The normalized spacial score (nSPS) is 10.9. The molecule has 0 bridgehead atoms. The Balaban J connectivity index is 1.82. The van der Waals surface area contributed by atoms with E-state index in [4.69, 9.17) is 4.98 Å². The maximum absolute atomic E-state index is 11.0. The van der Waals surface area contributed by atoms with Crippen molar-refractivity contribution in [2.75, 3.05) is 0 Å². The van der Waals surface area contributed by atoms with Gasteiger partial charge in [0.2, 0.25) is 0 Å². The minimum absolute atomic E-state index is 0.226. The van der Waals surface area contributed by atoms with Crippen molar-refractivity contribution < 1.29 is 10.2 Å². The number of hydrogen-bond acceptors (Lipinski definition) is 3. The van der Waals surface area contributed by atoms with E-state index in [9.17, 15) is 10.2 Å². The molecule has 0 unspecified atom stereocenters. The van der Waals surface area contributed by atoms with Crippen molar-refractivity contribution in [2.24, 2.45) is 0 Å². The Morgan fingerprint density at radius 3 is 1.83 bits per heavy atom. The molecule has 0 saturated carbocycles. The fraction of sp³-hybridized carbons (Fsp3) is 0.0938. The quantitative estimate of drug-likeness (QED) is 0.284. The van der Waals surface area contributed by atoms with Gasteiger partial charge in [-0.2, -0.15) is 0 Å². The number of benzene rings is 4. The lowest BCUT2D eigenvalue weighted by Crippen LogP contribution is -2.02. The molecule has 0 saturated heterocycles. The molecule has 3 heteroatoms. The molecule has 0 amide bonds. The number of phenolic OH excluding ortho intramolecular Hbond substituents is 2. The van der Waals surface area contributed by atoms with Gasteiger partial charge >= 0.3 is 0 Å². The number of aromatic nitrogens is 1. The van der Waals surface area contributed by atoms with Crippen LogP contribution in [0, 0.1) is 13.8 Å². The number of phenols is 2. The van der Waals surface area contributed by atoms with Crippen molar-refractivity contribution in [3.8, 4) is 45.1 Å². The molecule has 0 fully saturated rings. The molecule has 5 rings (SSSR count). The lowest BCUT2D eigenvalue weighted by Gasteiger charge is -2.19. The number of hydrogen-bond donors (Lipinski definition) is 2. The van der Waals surface area contributed by atoms with Gasteiger partial charge in [-0.1, -0.05) is 84.9 Å². The van der Waals surface area contributed by atoms with Crippen molar-refractivity contribution in [2.45, 2.75) is 20.3 Å². The summed E-state index contributed by atoms with van der Waals surface area (Å²) in [7, 11) is 0. The molecular formula is C32H27NO2. The molecular weight excluding hydrogens is 430 g/mol. The highest BCUT2D eigenvalue weighted by atomic mass is 16.3. The molecule has 0 aliphatic rings. The highest BCUT2D eigenvalue weighted by Gasteiger charge is 2.20. The van der Waals surface area contributed by atoms with Crippen LogP contribution in [0.2, 0.25) is 0 Å². The minimum Gasteiger partial charge on any atom is -0.508 e. The van der Waals surface area contributed by atoms with Crippen LogP contribution in [0.5, 0.6) is 11.5 Å². The average molecular weight is 458 g/mol. The molecule has 172 valence electrons. The molecule has 5 aromatic rings. The van der Waals surface area contributed by atoms with Crippen LogP contribution >= 0.6 is 0 Å². The number of pyridine rings is 1. The number of aromatic hydroxyl groups is 2. The van der Waals surface area contributed by atoms with Crippen LogP contribution in [-0.4, -0.2) is 15.2 Å². The standard InChI is InChI=1S/C32H27NO2/c1-21-13-15-25(30(34)17-21)19-28-27(26-16-14-22(2)18-31(26)35)20-29(23-9-5-3-6-10-23)33-32(28)24-11-7-4-8-12-24/h3-18,20,34-35H,19H2,1-2H3. The SMILES string of the molecule is Cc1ccc(Cc2c(-c3ccc(C)cc3O)cc(-c3ccccc3)nc2-c2ccccc2)c(O)c1. The van der Waals surface area contributed by atoms with Crippen molar-refractivity contribution in [1.29, 1.82) is 0 Å².